The standard InChI is InChI=1S/C27H33Cl2N3O4/c1-20-16-30-32(17-20)10-3-13-35-26-14-21(4-7-25(26)34-2)18-31-11-8-27(33,9-12-31)19-36-22-5-6-23(28)24(29)15-22/h4-7,14-17,33H,3,8-13,18-19H2,1-2H3. The van der Waals surface area contributed by atoms with E-state index >= 15 is 0 Å². The molecule has 2 heterocycles. The average molecular weight is 534 g/mol. The second-order valence-corrected chi connectivity index (χ2v) is 10.1. The molecule has 0 spiro atoms. The molecule has 0 radical (unpaired) electrons. The van der Waals surface area contributed by atoms with Gasteiger partial charge in [0.25, 0.3) is 0 Å². The maximum absolute atomic E-state index is 11.0. The number of aliphatic hydroxyl groups is 1. The molecule has 36 heavy (non-hydrogen) atoms. The minimum Gasteiger partial charge on any atom is -0.493 e. The minimum atomic E-state index is -0.871. The molecule has 4 rings (SSSR count). The van der Waals surface area contributed by atoms with Crippen LogP contribution in [0.3, 0.4) is 0 Å². The Morgan fingerprint density at radius 2 is 1.83 bits per heavy atom. The van der Waals surface area contributed by atoms with Crippen LogP contribution in [-0.2, 0) is 13.1 Å². The summed E-state index contributed by atoms with van der Waals surface area (Å²) in [7, 11) is 1.65. The molecule has 9 heteroatoms. The van der Waals surface area contributed by atoms with Gasteiger partial charge in [-0.1, -0.05) is 29.3 Å². The number of benzene rings is 2. The molecule has 194 valence electrons. The van der Waals surface area contributed by atoms with Crippen LogP contribution in [0.1, 0.15) is 30.4 Å². The Bertz CT molecular complexity index is 1150. The van der Waals surface area contributed by atoms with Crippen LogP contribution < -0.4 is 14.2 Å². The van der Waals surface area contributed by atoms with Crippen LogP contribution in [0.2, 0.25) is 10.0 Å². The third kappa shape index (κ3) is 7.29. The Balaban J connectivity index is 1.25. The van der Waals surface area contributed by atoms with Gasteiger partial charge >= 0.3 is 0 Å². The van der Waals surface area contributed by atoms with Crippen molar-refractivity contribution in [2.45, 2.75) is 44.9 Å². The fourth-order valence-corrected chi connectivity index (χ4v) is 4.53. The smallest absolute Gasteiger partial charge is 0.161 e. The fourth-order valence-electron chi connectivity index (χ4n) is 4.24. The van der Waals surface area contributed by atoms with E-state index in [0.29, 0.717) is 35.2 Å². The van der Waals surface area contributed by atoms with Gasteiger partial charge in [0.15, 0.2) is 11.5 Å². The van der Waals surface area contributed by atoms with Gasteiger partial charge < -0.3 is 19.3 Å². The molecule has 0 saturated carbocycles. The Hall–Kier alpha value is -2.45. The Morgan fingerprint density at radius 3 is 2.53 bits per heavy atom. The summed E-state index contributed by atoms with van der Waals surface area (Å²) in [5, 5.41) is 16.2. The van der Waals surface area contributed by atoms with Crippen LogP contribution in [0.15, 0.2) is 48.8 Å². The zero-order chi connectivity index (χ0) is 25.5. The van der Waals surface area contributed by atoms with E-state index in [2.05, 4.69) is 16.1 Å². The minimum absolute atomic E-state index is 0.220. The van der Waals surface area contributed by atoms with Crippen LogP contribution in [0.5, 0.6) is 17.2 Å². The Kier molecular flexibility index (Phi) is 9.01. The van der Waals surface area contributed by atoms with Gasteiger partial charge in [-0.25, -0.2) is 0 Å². The molecule has 1 saturated heterocycles. The first-order valence-corrected chi connectivity index (χ1v) is 12.9. The number of aryl methyl sites for hydroxylation is 2. The first kappa shape index (κ1) is 26.6. The SMILES string of the molecule is COc1ccc(CN2CCC(O)(COc3ccc(Cl)c(Cl)c3)CC2)cc1OCCCn1cc(C)cn1. The van der Waals surface area contributed by atoms with Crippen molar-refractivity contribution in [1.82, 2.24) is 14.7 Å². The van der Waals surface area contributed by atoms with E-state index < -0.39 is 5.60 Å². The van der Waals surface area contributed by atoms with Crippen LogP contribution in [-0.4, -0.2) is 58.8 Å². The van der Waals surface area contributed by atoms with Gasteiger partial charge in [-0.15, -0.1) is 0 Å². The summed E-state index contributed by atoms with van der Waals surface area (Å²) >= 11 is 12.0. The number of halogens is 2. The lowest BCUT2D eigenvalue weighted by Crippen LogP contribution is -2.47. The van der Waals surface area contributed by atoms with Gasteiger partial charge in [-0.2, -0.15) is 5.10 Å². The molecule has 0 unspecified atom stereocenters. The summed E-state index contributed by atoms with van der Waals surface area (Å²) in [6.45, 7) is 5.95. The second-order valence-electron chi connectivity index (χ2n) is 9.33. The lowest BCUT2D eigenvalue weighted by Gasteiger charge is -2.38. The monoisotopic (exact) mass is 533 g/mol. The van der Waals surface area contributed by atoms with E-state index in [0.717, 1.165) is 55.2 Å². The molecule has 0 aliphatic carbocycles. The van der Waals surface area contributed by atoms with Crippen LogP contribution in [0.4, 0.5) is 0 Å². The van der Waals surface area contributed by atoms with Crippen LogP contribution in [0, 0.1) is 6.92 Å². The molecule has 1 aliphatic rings. The van der Waals surface area contributed by atoms with E-state index in [9.17, 15) is 5.11 Å². The first-order valence-electron chi connectivity index (χ1n) is 12.1. The summed E-state index contributed by atoms with van der Waals surface area (Å²) in [4.78, 5) is 2.33. The summed E-state index contributed by atoms with van der Waals surface area (Å²) in [5.41, 5.74) is 1.43. The maximum atomic E-state index is 11.0. The lowest BCUT2D eigenvalue weighted by molar-refractivity contribution is -0.0537. The Labute approximate surface area is 222 Å². The van der Waals surface area contributed by atoms with Crippen molar-refractivity contribution < 1.29 is 19.3 Å². The predicted molar refractivity (Wildman–Crippen MR) is 141 cm³/mol. The van der Waals surface area contributed by atoms with Gasteiger partial charge in [0.2, 0.25) is 0 Å². The van der Waals surface area contributed by atoms with Crippen molar-refractivity contribution in [1.29, 1.82) is 0 Å². The average Bonchev–Trinajstić information content (AvgIpc) is 3.29. The number of nitrogens with zero attached hydrogens (tertiary/aromatic N) is 3. The topological polar surface area (TPSA) is 69.0 Å². The van der Waals surface area contributed by atoms with Crippen molar-refractivity contribution in [2.24, 2.45) is 0 Å². The molecule has 2 aromatic carbocycles. The van der Waals surface area contributed by atoms with Gasteiger partial charge in [0, 0.05) is 44.9 Å². The third-order valence-corrected chi connectivity index (χ3v) is 7.11. The number of aromatic nitrogens is 2. The van der Waals surface area contributed by atoms with Gasteiger partial charge in [-0.3, -0.25) is 9.58 Å². The van der Waals surface area contributed by atoms with Crippen molar-refractivity contribution >= 4 is 23.2 Å². The summed E-state index contributed by atoms with van der Waals surface area (Å²) in [6, 6.07) is 11.2. The molecule has 0 atom stereocenters. The number of piperidine rings is 1. The normalized spacial score (nSPS) is 15.6. The van der Waals surface area contributed by atoms with Crippen LogP contribution >= 0.6 is 23.2 Å². The molecule has 1 aromatic heterocycles. The molecule has 0 bridgehead atoms. The highest BCUT2D eigenvalue weighted by atomic mass is 35.5. The van der Waals surface area contributed by atoms with Crippen molar-refractivity contribution in [3.63, 3.8) is 0 Å². The molecule has 1 N–H and O–H groups in total. The number of hydrogen-bond donors (Lipinski definition) is 1. The third-order valence-electron chi connectivity index (χ3n) is 6.37. The van der Waals surface area contributed by atoms with E-state index in [1.807, 2.05) is 36.1 Å². The molecular formula is C27H33Cl2N3O4. The Morgan fingerprint density at radius 1 is 1.03 bits per heavy atom. The molecular weight excluding hydrogens is 501 g/mol. The van der Waals surface area contributed by atoms with Gasteiger partial charge in [0.05, 0.1) is 30.0 Å². The highest BCUT2D eigenvalue weighted by Gasteiger charge is 2.33. The molecule has 7 nitrogen and oxygen atoms in total. The van der Waals surface area contributed by atoms with E-state index in [4.69, 9.17) is 37.4 Å². The first-order chi connectivity index (χ1) is 17.3. The molecule has 3 aromatic rings. The van der Waals surface area contributed by atoms with Crippen molar-refractivity contribution in [3.8, 4) is 17.2 Å². The highest BCUT2D eigenvalue weighted by molar-refractivity contribution is 6.42. The number of ether oxygens (including phenoxy) is 3. The van der Waals surface area contributed by atoms with Crippen molar-refractivity contribution in [2.75, 3.05) is 33.4 Å². The van der Waals surface area contributed by atoms with Gasteiger partial charge in [-0.05, 0) is 55.2 Å². The maximum Gasteiger partial charge on any atom is 0.161 e. The molecule has 1 aliphatic heterocycles. The van der Waals surface area contributed by atoms with Crippen molar-refractivity contribution in [3.05, 3.63) is 70.0 Å². The quantitative estimate of drug-likeness (QED) is 0.333. The van der Waals surface area contributed by atoms with E-state index in [1.54, 1.807) is 25.3 Å². The molecule has 1 fully saturated rings. The summed E-state index contributed by atoms with van der Waals surface area (Å²) in [6.07, 6.45) is 5.99. The van der Waals surface area contributed by atoms with Crippen LogP contribution in [0.25, 0.3) is 0 Å². The van der Waals surface area contributed by atoms with Gasteiger partial charge in [0.1, 0.15) is 18.0 Å². The molecule has 0 amide bonds. The summed E-state index contributed by atoms with van der Waals surface area (Å²) in [5.74, 6) is 2.07. The number of rotatable bonds is 11. The zero-order valence-corrected chi connectivity index (χ0v) is 22.3. The van der Waals surface area contributed by atoms with E-state index in [-0.39, 0.29) is 6.61 Å². The largest absolute Gasteiger partial charge is 0.493 e. The fraction of sp³-hybridized carbons (Fsp3) is 0.444. The lowest BCUT2D eigenvalue weighted by atomic mass is 9.92. The number of methoxy groups -OCH3 is 1. The predicted octanol–water partition coefficient (Wildman–Crippen LogP) is 5.38. The number of hydrogen-bond acceptors (Lipinski definition) is 6. The van der Waals surface area contributed by atoms with E-state index in [1.165, 1.54) is 0 Å². The summed E-state index contributed by atoms with van der Waals surface area (Å²) < 4.78 is 19.3. The second kappa shape index (κ2) is 12.2. The number of likely N-dealkylation sites (tertiary alicyclic amines) is 1. The highest BCUT2D eigenvalue weighted by Crippen LogP contribution is 2.31. The zero-order valence-electron chi connectivity index (χ0n) is 20.8.